The van der Waals surface area contributed by atoms with E-state index in [1.807, 2.05) is 18.2 Å². The second kappa shape index (κ2) is 6.10. The molecule has 116 valence electrons. The maximum Gasteiger partial charge on any atom is 0.346 e. The van der Waals surface area contributed by atoms with Crippen molar-refractivity contribution in [3.63, 3.8) is 0 Å². The second-order valence-electron chi connectivity index (χ2n) is 4.40. The molecule has 0 aliphatic rings. The van der Waals surface area contributed by atoms with Crippen molar-refractivity contribution in [2.45, 2.75) is 0 Å². The first kappa shape index (κ1) is 14.4. The van der Waals surface area contributed by atoms with Gasteiger partial charge in [0.25, 0.3) is 0 Å². The molecule has 2 aromatic carbocycles. The van der Waals surface area contributed by atoms with Crippen LogP contribution in [0.2, 0.25) is 0 Å². The Morgan fingerprint density at radius 3 is 2.65 bits per heavy atom. The molecule has 0 unspecified atom stereocenters. The third kappa shape index (κ3) is 2.93. The number of nitro groups is 1. The van der Waals surface area contributed by atoms with Gasteiger partial charge in [-0.25, -0.2) is 0 Å². The van der Waals surface area contributed by atoms with Gasteiger partial charge >= 0.3 is 11.7 Å². The highest BCUT2D eigenvalue weighted by Crippen LogP contribution is 2.33. The zero-order chi connectivity index (χ0) is 16.2. The van der Waals surface area contributed by atoms with Gasteiger partial charge in [-0.05, 0) is 34.7 Å². The van der Waals surface area contributed by atoms with Crippen molar-refractivity contribution in [1.82, 2.24) is 20.2 Å². The topological polar surface area (TPSA) is 105 Å². The minimum Gasteiger partial charge on any atom is -0.496 e. The number of nitro benzene ring substituents is 1. The number of benzene rings is 2. The van der Waals surface area contributed by atoms with E-state index in [2.05, 4.69) is 15.5 Å². The highest BCUT2D eigenvalue weighted by Gasteiger charge is 2.20. The lowest BCUT2D eigenvalue weighted by atomic mass is 10.3. The SMILES string of the molecule is COc1ccc(Oc2nnnn2-c2ccccc2)c([N+](=O)[O-])c1. The summed E-state index contributed by atoms with van der Waals surface area (Å²) in [5, 5.41) is 22.3. The molecule has 0 bridgehead atoms. The molecule has 9 nitrogen and oxygen atoms in total. The lowest BCUT2D eigenvalue weighted by molar-refractivity contribution is -0.385. The first-order valence-electron chi connectivity index (χ1n) is 6.53. The molecule has 0 fully saturated rings. The van der Waals surface area contributed by atoms with E-state index >= 15 is 0 Å². The number of aromatic nitrogens is 4. The van der Waals surface area contributed by atoms with E-state index in [9.17, 15) is 10.1 Å². The Morgan fingerprint density at radius 2 is 1.96 bits per heavy atom. The predicted octanol–water partition coefficient (Wildman–Crippen LogP) is 2.37. The van der Waals surface area contributed by atoms with Crippen LogP contribution in [-0.4, -0.2) is 32.2 Å². The summed E-state index contributed by atoms with van der Waals surface area (Å²) < 4.78 is 11.8. The molecule has 0 saturated carbocycles. The van der Waals surface area contributed by atoms with Crippen LogP contribution in [0, 0.1) is 10.1 Å². The van der Waals surface area contributed by atoms with Gasteiger partial charge in [0, 0.05) is 0 Å². The molecule has 0 amide bonds. The first-order chi connectivity index (χ1) is 11.2. The third-order valence-electron chi connectivity index (χ3n) is 3.01. The second-order valence-corrected chi connectivity index (χ2v) is 4.40. The summed E-state index contributed by atoms with van der Waals surface area (Å²) in [6.07, 6.45) is 0. The molecule has 3 aromatic rings. The van der Waals surface area contributed by atoms with Crippen molar-refractivity contribution in [2.75, 3.05) is 7.11 Å². The fraction of sp³-hybridized carbons (Fsp3) is 0.0714. The Bertz CT molecular complexity index is 834. The fourth-order valence-corrected chi connectivity index (χ4v) is 1.93. The lowest BCUT2D eigenvalue weighted by Gasteiger charge is -2.07. The minimum absolute atomic E-state index is 0.0165. The smallest absolute Gasteiger partial charge is 0.346 e. The molecule has 0 aliphatic heterocycles. The molecule has 0 spiro atoms. The fourth-order valence-electron chi connectivity index (χ4n) is 1.93. The van der Waals surface area contributed by atoms with Gasteiger partial charge in [0.1, 0.15) is 5.75 Å². The van der Waals surface area contributed by atoms with E-state index in [4.69, 9.17) is 9.47 Å². The van der Waals surface area contributed by atoms with E-state index in [0.717, 1.165) is 0 Å². The third-order valence-corrected chi connectivity index (χ3v) is 3.01. The van der Waals surface area contributed by atoms with Crippen LogP contribution in [-0.2, 0) is 0 Å². The first-order valence-corrected chi connectivity index (χ1v) is 6.53. The normalized spacial score (nSPS) is 10.3. The number of hydrogen-bond acceptors (Lipinski definition) is 7. The number of nitrogens with zero attached hydrogens (tertiary/aromatic N) is 5. The zero-order valence-corrected chi connectivity index (χ0v) is 12.0. The Hall–Kier alpha value is -3.49. The van der Waals surface area contributed by atoms with Crippen LogP contribution in [0.5, 0.6) is 17.5 Å². The van der Waals surface area contributed by atoms with Gasteiger partial charge in [0.15, 0.2) is 0 Å². The maximum absolute atomic E-state index is 11.2. The Morgan fingerprint density at radius 1 is 1.17 bits per heavy atom. The standard InChI is InChI=1S/C14H11N5O4/c1-22-11-7-8-13(12(9-11)19(20)21)23-14-15-16-17-18(14)10-5-3-2-4-6-10/h2-9H,1H3. The number of hydrogen-bond donors (Lipinski definition) is 0. The summed E-state index contributed by atoms with van der Waals surface area (Å²) in [4.78, 5) is 10.6. The molecule has 3 rings (SSSR count). The molecule has 1 aromatic heterocycles. The van der Waals surface area contributed by atoms with Gasteiger partial charge in [0.05, 0.1) is 23.8 Å². The number of ether oxygens (including phenoxy) is 2. The van der Waals surface area contributed by atoms with E-state index in [0.29, 0.717) is 11.4 Å². The van der Waals surface area contributed by atoms with Crippen LogP contribution in [0.25, 0.3) is 5.69 Å². The largest absolute Gasteiger partial charge is 0.496 e. The number of para-hydroxylation sites is 1. The average Bonchev–Trinajstić information content (AvgIpc) is 3.04. The molecule has 1 heterocycles. The average molecular weight is 313 g/mol. The Balaban J connectivity index is 1.98. The van der Waals surface area contributed by atoms with E-state index in [1.54, 1.807) is 18.2 Å². The summed E-state index contributed by atoms with van der Waals surface area (Å²) in [5.41, 5.74) is 0.427. The van der Waals surface area contributed by atoms with E-state index in [1.165, 1.54) is 23.9 Å². The molecule has 0 atom stereocenters. The van der Waals surface area contributed by atoms with Gasteiger partial charge in [-0.15, -0.1) is 0 Å². The Kier molecular flexibility index (Phi) is 3.83. The van der Waals surface area contributed by atoms with Gasteiger partial charge in [0.2, 0.25) is 5.75 Å². The molecule has 0 aliphatic carbocycles. The summed E-state index contributed by atoms with van der Waals surface area (Å²) in [6, 6.07) is 13.3. The highest BCUT2D eigenvalue weighted by atomic mass is 16.6. The monoisotopic (exact) mass is 313 g/mol. The van der Waals surface area contributed by atoms with Crippen molar-refractivity contribution >= 4 is 5.69 Å². The van der Waals surface area contributed by atoms with Gasteiger partial charge in [-0.2, -0.15) is 4.68 Å². The van der Waals surface area contributed by atoms with Crippen LogP contribution in [0.3, 0.4) is 0 Å². The van der Waals surface area contributed by atoms with Crippen molar-refractivity contribution in [2.24, 2.45) is 0 Å². The predicted molar refractivity (Wildman–Crippen MR) is 78.9 cm³/mol. The van der Waals surface area contributed by atoms with Crippen LogP contribution in [0.15, 0.2) is 48.5 Å². The van der Waals surface area contributed by atoms with Gasteiger partial charge < -0.3 is 9.47 Å². The number of tetrazole rings is 1. The van der Waals surface area contributed by atoms with Crippen molar-refractivity contribution in [1.29, 1.82) is 0 Å². The molecule has 0 saturated heterocycles. The molecule has 0 radical (unpaired) electrons. The van der Waals surface area contributed by atoms with Crippen LogP contribution < -0.4 is 9.47 Å². The van der Waals surface area contributed by atoms with Crippen LogP contribution in [0.4, 0.5) is 5.69 Å². The molecular weight excluding hydrogens is 302 g/mol. The molecular formula is C14H11N5O4. The Labute approximate surface area is 130 Å². The summed E-state index contributed by atoms with van der Waals surface area (Å²) in [6.45, 7) is 0. The maximum atomic E-state index is 11.2. The highest BCUT2D eigenvalue weighted by molar-refractivity contribution is 5.52. The summed E-state index contributed by atoms with van der Waals surface area (Å²) >= 11 is 0. The quantitative estimate of drug-likeness (QED) is 0.526. The summed E-state index contributed by atoms with van der Waals surface area (Å²) in [7, 11) is 1.43. The minimum atomic E-state index is -0.561. The number of rotatable bonds is 5. The van der Waals surface area contributed by atoms with E-state index in [-0.39, 0.29) is 17.4 Å². The van der Waals surface area contributed by atoms with E-state index < -0.39 is 4.92 Å². The summed E-state index contributed by atoms with van der Waals surface area (Å²) in [5.74, 6) is 0.370. The molecule has 23 heavy (non-hydrogen) atoms. The molecule has 0 N–H and O–H groups in total. The van der Waals surface area contributed by atoms with Gasteiger partial charge in [-0.1, -0.05) is 23.3 Å². The number of methoxy groups -OCH3 is 1. The van der Waals surface area contributed by atoms with Crippen molar-refractivity contribution in [3.8, 4) is 23.2 Å². The lowest BCUT2D eigenvalue weighted by Crippen LogP contribution is -2.01. The van der Waals surface area contributed by atoms with Crippen molar-refractivity contribution < 1.29 is 14.4 Å². The van der Waals surface area contributed by atoms with Crippen LogP contribution in [0.1, 0.15) is 0 Å². The van der Waals surface area contributed by atoms with Gasteiger partial charge in [-0.3, -0.25) is 10.1 Å². The zero-order valence-electron chi connectivity index (χ0n) is 12.0. The van der Waals surface area contributed by atoms with Crippen molar-refractivity contribution in [3.05, 3.63) is 58.6 Å². The van der Waals surface area contributed by atoms with Crippen LogP contribution >= 0.6 is 0 Å². The molecule has 9 heteroatoms.